The summed E-state index contributed by atoms with van der Waals surface area (Å²) >= 11 is 7.70. The van der Waals surface area contributed by atoms with Crippen molar-refractivity contribution in [2.24, 2.45) is 10.7 Å². The number of rotatable bonds is 4. The lowest BCUT2D eigenvalue weighted by molar-refractivity contribution is 0.0951. The summed E-state index contributed by atoms with van der Waals surface area (Å²) in [6, 6.07) is 15.1. The zero-order valence-electron chi connectivity index (χ0n) is 14.0. The fraction of sp³-hybridized carbons (Fsp3) is 0.263. The van der Waals surface area contributed by atoms with Gasteiger partial charge in [-0.15, -0.1) is 0 Å². The molecule has 1 atom stereocenters. The number of hydrogen-bond acceptors (Lipinski definition) is 4. The van der Waals surface area contributed by atoms with Gasteiger partial charge in [0.15, 0.2) is 5.17 Å². The van der Waals surface area contributed by atoms with Crippen LogP contribution in [-0.2, 0) is 12.1 Å². The number of aliphatic imine (C=N–C) groups is 1. The Morgan fingerprint density at radius 1 is 1.32 bits per heavy atom. The molecule has 1 amide bonds. The minimum Gasteiger partial charge on any atom is -0.379 e. The first-order valence-electron chi connectivity index (χ1n) is 8.08. The molecular formula is C19H20ClN3OS. The van der Waals surface area contributed by atoms with E-state index in [2.05, 4.69) is 17.2 Å². The Kier molecular flexibility index (Phi) is 5.35. The van der Waals surface area contributed by atoms with E-state index in [0.717, 1.165) is 23.3 Å². The average molecular weight is 374 g/mol. The molecule has 2 aromatic carbocycles. The summed E-state index contributed by atoms with van der Waals surface area (Å²) in [5, 5.41) is 4.17. The van der Waals surface area contributed by atoms with E-state index in [9.17, 15) is 4.79 Å². The fourth-order valence-electron chi connectivity index (χ4n) is 2.81. The Labute approximate surface area is 156 Å². The number of nitrogens with one attached hydrogen (secondary N) is 1. The molecule has 130 valence electrons. The third-order valence-electron chi connectivity index (χ3n) is 4.34. The molecule has 0 saturated carbocycles. The molecule has 2 aromatic rings. The first kappa shape index (κ1) is 17.8. The highest BCUT2D eigenvalue weighted by Gasteiger charge is 2.29. The number of nitrogens with zero attached hydrogens (tertiary/aromatic N) is 1. The van der Waals surface area contributed by atoms with Crippen molar-refractivity contribution in [3.05, 3.63) is 70.2 Å². The Hall–Kier alpha value is -1.98. The number of hydrogen-bond donors (Lipinski definition) is 2. The van der Waals surface area contributed by atoms with Crippen LogP contribution in [-0.4, -0.2) is 16.8 Å². The van der Waals surface area contributed by atoms with Gasteiger partial charge in [-0.05, 0) is 42.7 Å². The number of thioether (sulfide) groups is 1. The molecule has 25 heavy (non-hydrogen) atoms. The Morgan fingerprint density at radius 2 is 2.12 bits per heavy atom. The first-order chi connectivity index (χ1) is 12.0. The monoisotopic (exact) mass is 373 g/mol. The predicted octanol–water partition coefficient (Wildman–Crippen LogP) is 3.94. The standard InChI is InChI=1S/C19H20ClN3OS/c1-19(9-10-25-18(21)23-19)15-7-4-6-13(11-15)17(24)22-12-14-5-2-3-8-16(14)20/h2-8,11H,9-10,12H2,1H3,(H2,21,23)(H,22,24). The quantitative estimate of drug-likeness (QED) is 0.853. The third kappa shape index (κ3) is 4.17. The van der Waals surface area contributed by atoms with Crippen LogP contribution in [0.15, 0.2) is 53.5 Å². The summed E-state index contributed by atoms with van der Waals surface area (Å²) in [4.78, 5) is 17.1. The first-order valence-corrected chi connectivity index (χ1v) is 9.44. The lowest BCUT2D eigenvalue weighted by Crippen LogP contribution is -2.29. The SMILES string of the molecule is CC1(c2cccc(C(=O)NCc3ccccc3Cl)c2)CCSC(N)=N1. The molecule has 3 rings (SSSR count). The summed E-state index contributed by atoms with van der Waals surface area (Å²) in [5.74, 6) is 0.793. The minimum absolute atomic E-state index is 0.132. The van der Waals surface area contributed by atoms with Gasteiger partial charge in [0.25, 0.3) is 5.91 Å². The van der Waals surface area contributed by atoms with Gasteiger partial charge in [-0.25, -0.2) is 0 Å². The second-order valence-electron chi connectivity index (χ2n) is 6.18. The molecule has 1 unspecified atom stereocenters. The van der Waals surface area contributed by atoms with Gasteiger partial charge in [0.05, 0.1) is 5.54 Å². The van der Waals surface area contributed by atoms with Crippen molar-refractivity contribution < 1.29 is 4.79 Å². The van der Waals surface area contributed by atoms with E-state index in [0.29, 0.717) is 22.3 Å². The molecule has 0 aliphatic carbocycles. The van der Waals surface area contributed by atoms with Crippen molar-refractivity contribution in [2.75, 3.05) is 5.75 Å². The maximum absolute atomic E-state index is 12.5. The molecule has 1 aliphatic rings. The van der Waals surface area contributed by atoms with Gasteiger partial charge in [-0.1, -0.05) is 53.7 Å². The maximum Gasteiger partial charge on any atom is 0.251 e. The minimum atomic E-state index is -0.381. The van der Waals surface area contributed by atoms with Crippen molar-refractivity contribution in [3.63, 3.8) is 0 Å². The summed E-state index contributed by atoms with van der Waals surface area (Å²) < 4.78 is 0. The van der Waals surface area contributed by atoms with Crippen molar-refractivity contribution >= 4 is 34.4 Å². The third-order valence-corrected chi connectivity index (χ3v) is 5.50. The van der Waals surface area contributed by atoms with E-state index in [1.807, 2.05) is 42.5 Å². The number of amidine groups is 1. The van der Waals surface area contributed by atoms with Crippen molar-refractivity contribution in [1.82, 2.24) is 5.32 Å². The van der Waals surface area contributed by atoms with Crippen LogP contribution in [0, 0.1) is 0 Å². The van der Waals surface area contributed by atoms with Gasteiger partial charge in [-0.3, -0.25) is 9.79 Å². The lowest BCUT2D eigenvalue weighted by Gasteiger charge is -2.30. The van der Waals surface area contributed by atoms with Crippen LogP contribution >= 0.6 is 23.4 Å². The Morgan fingerprint density at radius 3 is 2.88 bits per heavy atom. The number of nitrogens with two attached hydrogens (primary N) is 1. The molecule has 1 heterocycles. The summed E-state index contributed by atoms with van der Waals surface area (Å²) in [5.41, 5.74) is 8.01. The van der Waals surface area contributed by atoms with Crippen molar-refractivity contribution in [1.29, 1.82) is 0 Å². The molecule has 0 radical (unpaired) electrons. The van der Waals surface area contributed by atoms with Crippen LogP contribution in [0.5, 0.6) is 0 Å². The van der Waals surface area contributed by atoms with E-state index in [4.69, 9.17) is 17.3 Å². The lowest BCUT2D eigenvalue weighted by atomic mass is 9.88. The highest BCUT2D eigenvalue weighted by atomic mass is 35.5. The summed E-state index contributed by atoms with van der Waals surface area (Å²) in [7, 11) is 0. The normalized spacial score (nSPS) is 20.0. The molecule has 1 aliphatic heterocycles. The number of carbonyl (C=O) groups excluding carboxylic acids is 1. The second kappa shape index (κ2) is 7.50. The molecular weight excluding hydrogens is 354 g/mol. The van der Waals surface area contributed by atoms with Gasteiger partial charge in [-0.2, -0.15) is 0 Å². The Balaban J connectivity index is 1.76. The van der Waals surface area contributed by atoms with Crippen LogP contribution in [0.4, 0.5) is 0 Å². The van der Waals surface area contributed by atoms with Gasteiger partial charge in [0, 0.05) is 22.9 Å². The molecule has 0 saturated heterocycles. The van der Waals surface area contributed by atoms with E-state index in [1.54, 1.807) is 17.8 Å². The molecule has 0 aromatic heterocycles. The smallest absolute Gasteiger partial charge is 0.251 e. The van der Waals surface area contributed by atoms with E-state index in [1.165, 1.54) is 0 Å². The topological polar surface area (TPSA) is 67.5 Å². The number of benzene rings is 2. The number of halogens is 1. The largest absolute Gasteiger partial charge is 0.379 e. The molecule has 0 bridgehead atoms. The van der Waals surface area contributed by atoms with Crippen LogP contribution in [0.1, 0.15) is 34.8 Å². The second-order valence-corrected chi connectivity index (χ2v) is 7.70. The fourth-order valence-corrected chi connectivity index (χ4v) is 3.99. The van der Waals surface area contributed by atoms with E-state index < -0.39 is 0 Å². The highest BCUT2D eigenvalue weighted by Crippen LogP contribution is 2.35. The molecule has 3 N–H and O–H groups in total. The van der Waals surface area contributed by atoms with Crippen molar-refractivity contribution in [2.45, 2.75) is 25.4 Å². The van der Waals surface area contributed by atoms with Crippen LogP contribution in [0.3, 0.4) is 0 Å². The van der Waals surface area contributed by atoms with E-state index in [-0.39, 0.29) is 11.4 Å². The predicted molar refractivity (Wildman–Crippen MR) is 105 cm³/mol. The number of amides is 1. The highest BCUT2D eigenvalue weighted by molar-refractivity contribution is 8.13. The van der Waals surface area contributed by atoms with Gasteiger partial charge < -0.3 is 11.1 Å². The zero-order valence-corrected chi connectivity index (χ0v) is 15.5. The van der Waals surface area contributed by atoms with Crippen molar-refractivity contribution in [3.8, 4) is 0 Å². The Bertz CT molecular complexity index is 824. The summed E-state index contributed by atoms with van der Waals surface area (Å²) in [6.45, 7) is 2.45. The molecule has 4 nitrogen and oxygen atoms in total. The molecule has 0 spiro atoms. The number of carbonyl (C=O) groups is 1. The van der Waals surface area contributed by atoms with Crippen LogP contribution in [0.2, 0.25) is 5.02 Å². The van der Waals surface area contributed by atoms with Gasteiger partial charge >= 0.3 is 0 Å². The van der Waals surface area contributed by atoms with E-state index >= 15 is 0 Å². The summed E-state index contributed by atoms with van der Waals surface area (Å²) in [6.07, 6.45) is 0.892. The zero-order chi connectivity index (χ0) is 17.9. The molecule has 0 fully saturated rings. The van der Waals surface area contributed by atoms with Gasteiger partial charge in [0.1, 0.15) is 0 Å². The average Bonchev–Trinajstić information content (AvgIpc) is 2.61. The van der Waals surface area contributed by atoms with Crippen LogP contribution in [0.25, 0.3) is 0 Å². The molecule has 6 heteroatoms. The maximum atomic E-state index is 12.5. The van der Waals surface area contributed by atoms with Crippen LogP contribution < -0.4 is 11.1 Å². The van der Waals surface area contributed by atoms with Gasteiger partial charge in [0.2, 0.25) is 0 Å².